The lowest BCUT2D eigenvalue weighted by atomic mass is 10.1. The first-order valence-electron chi connectivity index (χ1n) is 6.93. The summed E-state index contributed by atoms with van der Waals surface area (Å²) in [7, 11) is 0. The number of nitrogens with two attached hydrogens (primary N) is 1. The molecule has 5 nitrogen and oxygen atoms in total. The fraction of sp³-hybridized carbons (Fsp3) is 0.176. The van der Waals surface area contributed by atoms with E-state index in [1.165, 1.54) is 6.07 Å². The molecule has 0 spiro atoms. The summed E-state index contributed by atoms with van der Waals surface area (Å²) in [6.45, 7) is 3.87. The summed E-state index contributed by atoms with van der Waals surface area (Å²) in [6, 6.07) is 13.3. The van der Waals surface area contributed by atoms with Crippen molar-refractivity contribution in [3.05, 3.63) is 59.7 Å². The first-order chi connectivity index (χ1) is 10.5. The van der Waals surface area contributed by atoms with Crippen molar-refractivity contribution >= 4 is 17.5 Å². The van der Waals surface area contributed by atoms with Gasteiger partial charge in [0.15, 0.2) is 0 Å². The van der Waals surface area contributed by atoms with Gasteiger partial charge in [-0.2, -0.15) is 0 Å². The van der Waals surface area contributed by atoms with Crippen molar-refractivity contribution in [1.82, 2.24) is 0 Å². The third kappa shape index (κ3) is 4.09. The van der Waals surface area contributed by atoms with Crippen LogP contribution in [0, 0.1) is 0 Å². The number of carbonyl (C=O) groups excluding carboxylic acids is 2. The van der Waals surface area contributed by atoms with Gasteiger partial charge in [0.2, 0.25) is 5.91 Å². The minimum atomic E-state index is -0.536. The Balaban J connectivity index is 2.08. The number of primary amides is 1. The Morgan fingerprint density at radius 1 is 1.05 bits per heavy atom. The van der Waals surface area contributed by atoms with Crippen LogP contribution in [0.25, 0.3) is 0 Å². The van der Waals surface area contributed by atoms with Gasteiger partial charge in [-0.1, -0.05) is 6.07 Å². The highest BCUT2D eigenvalue weighted by Crippen LogP contribution is 2.16. The van der Waals surface area contributed by atoms with Crippen LogP contribution >= 0.6 is 0 Å². The number of nitrogens with one attached hydrogen (secondary N) is 1. The van der Waals surface area contributed by atoms with Gasteiger partial charge in [0.25, 0.3) is 5.91 Å². The minimum Gasteiger partial charge on any atom is -0.491 e. The van der Waals surface area contributed by atoms with Crippen LogP contribution in [-0.2, 0) is 0 Å². The van der Waals surface area contributed by atoms with Gasteiger partial charge in [0.1, 0.15) is 5.75 Å². The molecule has 5 heteroatoms. The lowest BCUT2D eigenvalue weighted by Gasteiger charge is -2.10. The Morgan fingerprint density at radius 3 is 2.32 bits per heavy atom. The van der Waals surface area contributed by atoms with E-state index in [1.54, 1.807) is 42.5 Å². The van der Waals surface area contributed by atoms with E-state index < -0.39 is 5.91 Å². The Morgan fingerprint density at radius 2 is 1.73 bits per heavy atom. The summed E-state index contributed by atoms with van der Waals surface area (Å²) in [5, 5.41) is 2.73. The third-order valence-electron chi connectivity index (χ3n) is 2.89. The number of amides is 2. The molecule has 114 valence electrons. The van der Waals surface area contributed by atoms with Crippen LogP contribution < -0.4 is 15.8 Å². The molecule has 0 radical (unpaired) electrons. The van der Waals surface area contributed by atoms with Crippen LogP contribution in [0.2, 0.25) is 0 Å². The first-order valence-corrected chi connectivity index (χ1v) is 6.93. The van der Waals surface area contributed by atoms with Crippen LogP contribution in [0.15, 0.2) is 48.5 Å². The summed E-state index contributed by atoms with van der Waals surface area (Å²) < 4.78 is 5.53. The van der Waals surface area contributed by atoms with Gasteiger partial charge in [-0.3, -0.25) is 9.59 Å². The van der Waals surface area contributed by atoms with Gasteiger partial charge >= 0.3 is 0 Å². The maximum Gasteiger partial charge on any atom is 0.255 e. The molecule has 2 rings (SSSR count). The van der Waals surface area contributed by atoms with Crippen molar-refractivity contribution in [2.45, 2.75) is 20.0 Å². The molecule has 3 N–H and O–H groups in total. The summed E-state index contributed by atoms with van der Waals surface area (Å²) in [5.74, 6) is -0.0914. The quantitative estimate of drug-likeness (QED) is 0.890. The van der Waals surface area contributed by atoms with E-state index >= 15 is 0 Å². The van der Waals surface area contributed by atoms with Crippen LogP contribution in [-0.4, -0.2) is 17.9 Å². The molecule has 0 saturated heterocycles. The third-order valence-corrected chi connectivity index (χ3v) is 2.89. The highest BCUT2D eigenvalue weighted by molar-refractivity contribution is 6.05. The number of rotatable bonds is 5. The van der Waals surface area contributed by atoms with Gasteiger partial charge in [0.05, 0.1) is 6.10 Å². The standard InChI is InChI=1S/C17H18N2O3/c1-11(2)22-15-8-6-12(7-9-15)17(21)19-14-5-3-4-13(10-14)16(18)20/h3-11H,1-2H3,(H2,18,20)(H,19,21). The normalized spacial score (nSPS) is 10.3. The largest absolute Gasteiger partial charge is 0.491 e. The number of hydrogen-bond acceptors (Lipinski definition) is 3. The summed E-state index contributed by atoms with van der Waals surface area (Å²) in [5.41, 5.74) is 6.58. The van der Waals surface area contributed by atoms with E-state index in [-0.39, 0.29) is 12.0 Å². The van der Waals surface area contributed by atoms with Crippen LogP contribution in [0.1, 0.15) is 34.6 Å². The Labute approximate surface area is 129 Å². The number of hydrogen-bond donors (Lipinski definition) is 2. The van der Waals surface area contributed by atoms with Gasteiger partial charge in [0, 0.05) is 16.8 Å². The predicted octanol–water partition coefficient (Wildman–Crippen LogP) is 2.83. The molecule has 2 aromatic rings. The Kier molecular flexibility index (Phi) is 4.78. The van der Waals surface area contributed by atoms with Gasteiger partial charge < -0.3 is 15.8 Å². The zero-order valence-electron chi connectivity index (χ0n) is 12.5. The molecule has 0 aliphatic rings. The summed E-state index contributed by atoms with van der Waals surface area (Å²) in [6.07, 6.45) is 0.0798. The lowest BCUT2D eigenvalue weighted by molar-refractivity contribution is 0.0996. The van der Waals surface area contributed by atoms with Crippen molar-refractivity contribution in [2.24, 2.45) is 5.73 Å². The molecule has 0 aliphatic heterocycles. The summed E-state index contributed by atoms with van der Waals surface area (Å²) in [4.78, 5) is 23.3. The molecule has 0 fully saturated rings. The number of carbonyl (C=O) groups is 2. The van der Waals surface area contributed by atoms with Gasteiger partial charge in [-0.25, -0.2) is 0 Å². The molecule has 0 aliphatic carbocycles. The lowest BCUT2D eigenvalue weighted by Crippen LogP contribution is -2.14. The molecule has 2 amide bonds. The maximum absolute atomic E-state index is 12.2. The van der Waals surface area contributed by atoms with Gasteiger partial charge in [-0.05, 0) is 56.3 Å². The average molecular weight is 298 g/mol. The van der Waals surface area contributed by atoms with Gasteiger partial charge in [-0.15, -0.1) is 0 Å². The number of ether oxygens (including phenoxy) is 1. The summed E-state index contributed by atoms with van der Waals surface area (Å²) >= 11 is 0. The molecule has 2 aromatic carbocycles. The van der Waals surface area contributed by atoms with Crippen molar-refractivity contribution in [2.75, 3.05) is 5.32 Å². The van der Waals surface area contributed by atoms with E-state index in [0.29, 0.717) is 22.6 Å². The molecule has 0 atom stereocenters. The number of anilines is 1. The molecule has 0 heterocycles. The van der Waals surface area contributed by atoms with Crippen LogP contribution in [0.5, 0.6) is 5.75 Å². The van der Waals surface area contributed by atoms with E-state index in [0.717, 1.165) is 0 Å². The molecule has 0 aromatic heterocycles. The van der Waals surface area contributed by atoms with E-state index in [9.17, 15) is 9.59 Å². The minimum absolute atomic E-state index is 0.0798. The van der Waals surface area contributed by atoms with E-state index in [2.05, 4.69) is 5.32 Å². The van der Waals surface area contributed by atoms with Crippen molar-refractivity contribution < 1.29 is 14.3 Å². The Bertz CT molecular complexity index is 679. The first kappa shape index (κ1) is 15.6. The molecule has 0 saturated carbocycles. The molecular weight excluding hydrogens is 280 g/mol. The fourth-order valence-corrected chi connectivity index (χ4v) is 1.91. The van der Waals surface area contributed by atoms with Crippen LogP contribution in [0.3, 0.4) is 0 Å². The highest BCUT2D eigenvalue weighted by atomic mass is 16.5. The topological polar surface area (TPSA) is 81.4 Å². The average Bonchev–Trinajstić information content (AvgIpc) is 2.47. The fourth-order valence-electron chi connectivity index (χ4n) is 1.91. The molecule has 0 unspecified atom stereocenters. The molecule has 0 bridgehead atoms. The van der Waals surface area contributed by atoms with E-state index in [4.69, 9.17) is 10.5 Å². The molecule has 22 heavy (non-hydrogen) atoms. The second-order valence-electron chi connectivity index (χ2n) is 5.09. The van der Waals surface area contributed by atoms with Crippen molar-refractivity contribution in [3.63, 3.8) is 0 Å². The van der Waals surface area contributed by atoms with Crippen LogP contribution in [0.4, 0.5) is 5.69 Å². The maximum atomic E-state index is 12.2. The molecular formula is C17H18N2O3. The monoisotopic (exact) mass is 298 g/mol. The van der Waals surface area contributed by atoms with Crippen molar-refractivity contribution in [1.29, 1.82) is 0 Å². The van der Waals surface area contributed by atoms with Crippen molar-refractivity contribution in [3.8, 4) is 5.75 Å². The zero-order valence-corrected chi connectivity index (χ0v) is 12.5. The predicted molar refractivity (Wildman–Crippen MR) is 85.1 cm³/mol. The zero-order chi connectivity index (χ0) is 16.1. The number of benzene rings is 2. The smallest absolute Gasteiger partial charge is 0.255 e. The second kappa shape index (κ2) is 6.76. The highest BCUT2D eigenvalue weighted by Gasteiger charge is 2.08. The Hall–Kier alpha value is -2.82. The van der Waals surface area contributed by atoms with E-state index in [1.807, 2.05) is 13.8 Å². The second-order valence-corrected chi connectivity index (χ2v) is 5.09. The SMILES string of the molecule is CC(C)Oc1ccc(C(=O)Nc2cccc(C(N)=O)c2)cc1.